The van der Waals surface area contributed by atoms with Crippen LogP contribution in [-0.4, -0.2) is 60.2 Å². The van der Waals surface area contributed by atoms with Crippen LogP contribution in [-0.2, 0) is 19.0 Å². The number of unbranched alkanes of at least 4 members (excludes halogenated alkanes) is 27. The maximum atomic E-state index is 13.6. The summed E-state index contributed by atoms with van der Waals surface area (Å²) >= 11 is 0. The van der Waals surface area contributed by atoms with E-state index in [-0.39, 0.29) is 23.8 Å². The van der Waals surface area contributed by atoms with Crippen LogP contribution in [0.15, 0.2) is 179 Å². The van der Waals surface area contributed by atoms with Gasteiger partial charge in [0.2, 0.25) is 11.8 Å². The highest BCUT2D eigenvalue weighted by molar-refractivity contribution is 6.32. The largest absolute Gasteiger partial charge is 0.462 e. The number of benzene rings is 4. The van der Waals surface area contributed by atoms with Gasteiger partial charge in [-0.2, -0.15) is 0 Å². The van der Waals surface area contributed by atoms with Crippen LogP contribution in [0.1, 0.15) is 273 Å². The lowest BCUT2D eigenvalue weighted by Crippen LogP contribution is -2.16. The Labute approximate surface area is 560 Å². The molecular formula is C82H102N4O8. The zero-order valence-corrected chi connectivity index (χ0v) is 56.4. The number of nitrogens with zero attached hydrogens (tertiary/aromatic N) is 2. The summed E-state index contributed by atoms with van der Waals surface area (Å²) in [5.74, 6) is -0.280. The monoisotopic (exact) mass is 1270 g/mol. The maximum Gasteiger partial charge on any atom is 0.338 e. The van der Waals surface area contributed by atoms with Crippen molar-refractivity contribution >= 4 is 52.1 Å². The van der Waals surface area contributed by atoms with Crippen molar-refractivity contribution in [2.45, 2.75) is 213 Å². The first-order chi connectivity index (χ1) is 46.2. The average molecular weight is 1270 g/mol. The van der Waals surface area contributed by atoms with Crippen molar-refractivity contribution in [1.82, 2.24) is 10.3 Å². The second-order valence-electron chi connectivity index (χ2n) is 25.1. The lowest BCUT2D eigenvalue weighted by Gasteiger charge is -2.13. The number of carbonyl (C=O) groups is 4. The van der Waals surface area contributed by atoms with Crippen molar-refractivity contribution in [1.29, 1.82) is 0 Å². The Morgan fingerprint density at radius 3 is 1.09 bits per heavy atom. The molecule has 0 atom stereocenters. The fraction of sp³-hybridized carbons (Fsp3) is 0.439. The molecule has 0 fully saturated rings. The van der Waals surface area contributed by atoms with Gasteiger partial charge >= 0.3 is 17.9 Å². The summed E-state index contributed by atoms with van der Waals surface area (Å²) in [5, 5.41) is 3.00. The summed E-state index contributed by atoms with van der Waals surface area (Å²) < 4.78 is 23.5. The highest BCUT2D eigenvalue weighted by Gasteiger charge is 2.25. The lowest BCUT2D eigenvalue weighted by atomic mass is 9.97. The van der Waals surface area contributed by atoms with Crippen LogP contribution < -0.4 is 10.1 Å². The number of aromatic nitrogens is 1. The second kappa shape index (κ2) is 40.7. The Kier molecular flexibility index (Phi) is 30.9. The van der Waals surface area contributed by atoms with Gasteiger partial charge in [0, 0.05) is 40.3 Å². The number of aliphatic imine (C=N–C) groups is 2. The molecule has 94 heavy (non-hydrogen) atoms. The molecule has 5 aromatic rings. The van der Waals surface area contributed by atoms with E-state index < -0.39 is 0 Å². The van der Waals surface area contributed by atoms with Gasteiger partial charge in [0.25, 0.3) is 0 Å². The first-order valence-electron chi connectivity index (χ1n) is 35.7. The van der Waals surface area contributed by atoms with Gasteiger partial charge in [-0.1, -0.05) is 249 Å². The molecule has 0 saturated heterocycles. The van der Waals surface area contributed by atoms with Crippen LogP contribution in [0, 0.1) is 0 Å². The maximum absolute atomic E-state index is 13.6. The number of esters is 3. The van der Waals surface area contributed by atoms with Crippen molar-refractivity contribution in [3.8, 4) is 5.75 Å². The summed E-state index contributed by atoms with van der Waals surface area (Å²) in [6.07, 6.45) is 46.8. The Hall–Kier alpha value is -8.38. The molecule has 4 aromatic carbocycles. The minimum atomic E-state index is -0.375. The number of rotatable bonds is 43. The van der Waals surface area contributed by atoms with E-state index in [1.54, 1.807) is 42.5 Å². The molecule has 3 aliphatic rings. The van der Waals surface area contributed by atoms with Crippen LogP contribution in [0.5, 0.6) is 5.75 Å². The molecular weight excluding hydrogens is 1170 g/mol. The fourth-order valence-electron chi connectivity index (χ4n) is 12.2. The molecule has 0 unspecified atom stereocenters. The van der Waals surface area contributed by atoms with E-state index >= 15 is 0 Å². The zero-order chi connectivity index (χ0) is 65.8. The SMILES string of the molecule is CCCCCCCCCCCCOC(=O)c1ccc(/C(=C2\C=CC(C(=C3\C=CC(=O)N3)/c3ccc(C(=O)OCCCCCCCCCCCC)cc3)=N2)c2ccc(/C(=C3\C=CC(Oc4ccccc4)=N3)c3ccc(C(=O)OCCCCCCCCCCCC)cc3)[nH]2)cc1. The normalized spacial score (nSPS) is 14.9. The van der Waals surface area contributed by atoms with E-state index in [1.807, 2.05) is 103 Å². The standard InChI is InChI=1S/C82H102N4O8/c1-4-7-10-13-16-19-22-25-28-34-59-91-80(88)65-45-39-62(40-46-65)77(69-51-53-71(83-69)78(73-55-57-75(87)85-73)63-41-47-66(48-42-63)81(89)92-60-35-29-26-23-20-17-14-11-8-5-2)70-52-54-72(84-70)79(74-56-58-76(86-74)94-68-37-32-31-33-38-68)64-43-49-67(50-44-64)82(90)93-61-36-30-27-24-21-18-15-12-9-6-3/h31-33,37-58,84H,4-30,34-36,59-61H2,1-3H3,(H,85,87)/b77-69-,78-73+,79-74+. The third-order valence-corrected chi connectivity index (χ3v) is 17.6. The average Bonchev–Trinajstić information content (AvgIpc) is 1.61. The minimum Gasteiger partial charge on any atom is -0.462 e. The number of H-pyrrole nitrogens is 1. The van der Waals surface area contributed by atoms with Gasteiger partial charge in [0.05, 0.1) is 59.3 Å². The van der Waals surface area contributed by atoms with E-state index in [1.165, 1.54) is 141 Å². The third kappa shape index (κ3) is 23.3. The minimum absolute atomic E-state index is 0.251. The molecule has 0 aliphatic carbocycles. The van der Waals surface area contributed by atoms with E-state index in [4.69, 9.17) is 28.9 Å². The summed E-state index contributed by atoms with van der Waals surface area (Å²) in [6.45, 7) is 7.85. The predicted octanol–water partition coefficient (Wildman–Crippen LogP) is 20.9. The van der Waals surface area contributed by atoms with Crippen LogP contribution >= 0.6 is 0 Å². The van der Waals surface area contributed by atoms with Gasteiger partial charge < -0.3 is 29.2 Å². The molecule has 1 aromatic heterocycles. The quantitative estimate of drug-likeness (QED) is 0.0222. The summed E-state index contributed by atoms with van der Waals surface area (Å²) in [7, 11) is 0. The molecule has 4 heterocycles. The molecule has 12 heteroatoms. The van der Waals surface area contributed by atoms with Gasteiger partial charge in [-0.3, -0.25) is 4.79 Å². The molecule has 0 radical (unpaired) electrons. The first-order valence-corrected chi connectivity index (χ1v) is 35.7. The van der Waals surface area contributed by atoms with Crippen LogP contribution in [0.3, 0.4) is 0 Å². The van der Waals surface area contributed by atoms with E-state index in [0.29, 0.717) is 76.5 Å². The van der Waals surface area contributed by atoms with Crippen molar-refractivity contribution < 1.29 is 38.1 Å². The van der Waals surface area contributed by atoms with Crippen molar-refractivity contribution in [2.24, 2.45) is 9.98 Å². The number of allylic oxidation sites excluding steroid dienone is 5. The van der Waals surface area contributed by atoms with E-state index in [2.05, 4.69) is 31.1 Å². The highest BCUT2D eigenvalue weighted by atomic mass is 16.5. The molecule has 2 N–H and O–H groups in total. The molecule has 3 aliphatic heterocycles. The molecule has 8 rings (SSSR count). The number of ether oxygens (including phenoxy) is 4. The molecule has 498 valence electrons. The van der Waals surface area contributed by atoms with E-state index in [0.717, 1.165) is 97.0 Å². The summed E-state index contributed by atoms with van der Waals surface area (Å²) in [6, 6.07) is 35.6. The number of hydrogen-bond donors (Lipinski definition) is 2. The highest BCUT2D eigenvalue weighted by Crippen LogP contribution is 2.37. The molecule has 0 spiro atoms. The van der Waals surface area contributed by atoms with Gasteiger partial charge in [-0.15, -0.1) is 0 Å². The van der Waals surface area contributed by atoms with Gasteiger partial charge in [0.15, 0.2) is 0 Å². The Morgan fingerprint density at radius 1 is 0.351 bits per heavy atom. The second-order valence-corrected chi connectivity index (χ2v) is 25.1. The first kappa shape index (κ1) is 71.5. The fourth-order valence-corrected chi connectivity index (χ4v) is 12.2. The molecule has 0 saturated carbocycles. The zero-order valence-electron chi connectivity index (χ0n) is 56.4. The van der Waals surface area contributed by atoms with Crippen molar-refractivity contribution in [2.75, 3.05) is 19.8 Å². The topological polar surface area (TPSA) is 158 Å². The number of amides is 1. The smallest absolute Gasteiger partial charge is 0.338 e. The van der Waals surface area contributed by atoms with Crippen LogP contribution in [0.4, 0.5) is 0 Å². The number of carbonyl (C=O) groups excluding carboxylic acids is 4. The number of nitrogens with one attached hydrogen (secondary N) is 2. The Bertz CT molecular complexity index is 3450. The Balaban J connectivity index is 1.05. The van der Waals surface area contributed by atoms with Crippen LogP contribution in [0.2, 0.25) is 0 Å². The summed E-state index contributed by atoms with van der Waals surface area (Å²) in [5.41, 5.74) is 9.70. The number of aromatic amines is 1. The van der Waals surface area contributed by atoms with Crippen molar-refractivity contribution in [3.05, 3.63) is 214 Å². The predicted molar refractivity (Wildman–Crippen MR) is 383 cm³/mol. The van der Waals surface area contributed by atoms with Crippen LogP contribution in [0.25, 0.3) is 16.7 Å². The van der Waals surface area contributed by atoms with E-state index in [9.17, 15) is 19.2 Å². The van der Waals surface area contributed by atoms with Gasteiger partial charge in [-0.05, 0) is 121 Å². The lowest BCUT2D eigenvalue weighted by molar-refractivity contribution is -0.115. The number of hydrogen-bond acceptors (Lipinski definition) is 10. The molecule has 12 nitrogen and oxygen atoms in total. The molecule has 0 bridgehead atoms. The summed E-state index contributed by atoms with van der Waals surface area (Å²) in [4.78, 5) is 67.3. The molecule has 1 amide bonds. The third-order valence-electron chi connectivity index (χ3n) is 17.6. The number of para-hydroxylation sites is 1. The van der Waals surface area contributed by atoms with Gasteiger partial charge in [0.1, 0.15) is 5.75 Å². The van der Waals surface area contributed by atoms with Crippen molar-refractivity contribution in [3.63, 3.8) is 0 Å². The van der Waals surface area contributed by atoms with Gasteiger partial charge in [-0.25, -0.2) is 24.4 Å². The Morgan fingerprint density at radius 2 is 0.702 bits per heavy atom.